The van der Waals surface area contributed by atoms with Gasteiger partial charge in [-0.15, -0.1) is 0 Å². The topological polar surface area (TPSA) is 79.3 Å². The van der Waals surface area contributed by atoms with Gasteiger partial charge in [0, 0.05) is 17.7 Å². The molecular formula is C25H30N2O5. The Morgan fingerprint density at radius 1 is 1.06 bits per heavy atom. The maximum atomic E-state index is 13.1. The van der Waals surface area contributed by atoms with Crippen molar-refractivity contribution in [2.75, 3.05) is 41.4 Å². The predicted molar refractivity (Wildman–Crippen MR) is 123 cm³/mol. The van der Waals surface area contributed by atoms with Crippen LogP contribution in [0.15, 0.2) is 48.0 Å². The van der Waals surface area contributed by atoms with Crippen molar-refractivity contribution in [3.8, 4) is 11.5 Å². The van der Waals surface area contributed by atoms with Gasteiger partial charge in [0.1, 0.15) is 17.3 Å². The third kappa shape index (κ3) is 4.48. The van der Waals surface area contributed by atoms with E-state index in [1.54, 1.807) is 38.5 Å². The van der Waals surface area contributed by atoms with Gasteiger partial charge in [0.2, 0.25) is 0 Å². The molecule has 0 bridgehead atoms. The van der Waals surface area contributed by atoms with Gasteiger partial charge >= 0.3 is 0 Å². The van der Waals surface area contributed by atoms with E-state index in [2.05, 4.69) is 0 Å². The lowest BCUT2D eigenvalue weighted by Crippen LogP contribution is -2.32. The van der Waals surface area contributed by atoms with Crippen LogP contribution in [0.5, 0.6) is 11.5 Å². The molecule has 7 heteroatoms. The monoisotopic (exact) mass is 438 g/mol. The Bertz CT molecular complexity index is 1040. The second kappa shape index (κ2) is 9.87. The normalized spacial score (nSPS) is 17.8. The summed E-state index contributed by atoms with van der Waals surface area (Å²) in [5.41, 5.74) is 1.99. The molecule has 0 spiro atoms. The molecule has 1 atom stereocenters. The standard InChI is InChI=1S/C25H30N2O5/c1-16-15-17(11-12-19(16)31-4)23(28)21-22(18-9-6-7-10-20(18)32-5)27(25(30)24(21)29)14-8-13-26(2)3/h6-7,9-12,15,22,28H,8,13-14H2,1-5H3/b23-21+/t22-/m0/s1. The van der Waals surface area contributed by atoms with E-state index in [1.807, 2.05) is 44.1 Å². The van der Waals surface area contributed by atoms with Crippen LogP contribution in [0, 0.1) is 6.92 Å². The molecule has 32 heavy (non-hydrogen) atoms. The summed E-state index contributed by atoms with van der Waals surface area (Å²) in [5.74, 6) is -0.302. The Balaban J connectivity index is 2.15. The lowest BCUT2D eigenvalue weighted by molar-refractivity contribution is -0.140. The fourth-order valence-corrected chi connectivity index (χ4v) is 4.06. The zero-order chi connectivity index (χ0) is 23.4. The number of Topliss-reactive ketones (excluding diaryl/α,β-unsaturated/α-hetero) is 1. The summed E-state index contributed by atoms with van der Waals surface area (Å²) < 4.78 is 10.8. The number of amides is 1. The minimum Gasteiger partial charge on any atom is -0.507 e. The minimum absolute atomic E-state index is 0.0638. The first-order valence-electron chi connectivity index (χ1n) is 10.5. The van der Waals surface area contributed by atoms with Gasteiger partial charge in [0.15, 0.2) is 0 Å². The third-order valence-corrected chi connectivity index (χ3v) is 5.65. The van der Waals surface area contributed by atoms with E-state index in [0.29, 0.717) is 35.6 Å². The number of likely N-dealkylation sites (tertiary alicyclic amines) is 1. The van der Waals surface area contributed by atoms with Crippen molar-refractivity contribution >= 4 is 17.4 Å². The number of hydrogen-bond acceptors (Lipinski definition) is 6. The number of carbonyl (C=O) groups is 2. The maximum Gasteiger partial charge on any atom is 0.295 e. The molecule has 1 aliphatic rings. The molecule has 3 rings (SSSR count). The van der Waals surface area contributed by atoms with Crippen molar-refractivity contribution in [1.82, 2.24) is 9.80 Å². The summed E-state index contributed by atoms with van der Waals surface area (Å²) in [4.78, 5) is 29.7. The second-order valence-electron chi connectivity index (χ2n) is 8.08. The highest BCUT2D eigenvalue weighted by molar-refractivity contribution is 6.46. The van der Waals surface area contributed by atoms with E-state index in [4.69, 9.17) is 9.47 Å². The lowest BCUT2D eigenvalue weighted by Gasteiger charge is -2.27. The fourth-order valence-electron chi connectivity index (χ4n) is 4.06. The van der Waals surface area contributed by atoms with Gasteiger partial charge < -0.3 is 24.4 Å². The number of para-hydroxylation sites is 1. The fraction of sp³-hybridized carbons (Fsp3) is 0.360. The van der Waals surface area contributed by atoms with Crippen LogP contribution in [0.25, 0.3) is 5.76 Å². The van der Waals surface area contributed by atoms with E-state index >= 15 is 0 Å². The quantitative estimate of drug-likeness (QED) is 0.387. The van der Waals surface area contributed by atoms with Crippen LogP contribution >= 0.6 is 0 Å². The highest BCUT2D eigenvalue weighted by Crippen LogP contribution is 2.42. The first kappa shape index (κ1) is 23.3. The zero-order valence-electron chi connectivity index (χ0n) is 19.2. The molecule has 1 aliphatic heterocycles. The maximum absolute atomic E-state index is 13.1. The molecule has 0 radical (unpaired) electrons. The molecule has 1 fully saturated rings. The Hall–Kier alpha value is -3.32. The number of hydrogen-bond donors (Lipinski definition) is 1. The van der Waals surface area contributed by atoms with Gasteiger partial charge in [-0.2, -0.15) is 0 Å². The van der Waals surface area contributed by atoms with E-state index in [9.17, 15) is 14.7 Å². The molecule has 2 aromatic carbocycles. The summed E-state index contributed by atoms with van der Waals surface area (Å²) in [5, 5.41) is 11.2. The number of benzene rings is 2. The number of carbonyl (C=O) groups excluding carboxylic acids is 2. The largest absolute Gasteiger partial charge is 0.507 e. The summed E-state index contributed by atoms with van der Waals surface area (Å²) in [6, 6.07) is 11.7. The number of aryl methyl sites for hydroxylation is 1. The van der Waals surface area contributed by atoms with Crippen molar-refractivity contribution < 1.29 is 24.2 Å². The second-order valence-corrected chi connectivity index (χ2v) is 8.08. The van der Waals surface area contributed by atoms with Crippen LogP contribution in [-0.2, 0) is 9.59 Å². The van der Waals surface area contributed by atoms with E-state index in [1.165, 1.54) is 4.90 Å². The first-order chi connectivity index (χ1) is 15.3. The molecular weight excluding hydrogens is 408 g/mol. The van der Waals surface area contributed by atoms with Gasteiger partial charge in [-0.3, -0.25) is 9.59 Å². The molecule has 0 unspecified atom stereocenters. The van der Waals surface area contributed by atoms with Gasteiger partial charge in [-0.05, 0) is 63.8 Å². The SMILES string of the molecule is COc1ccc(/C(O)=C2\C(=O)C(=O)N(CCCN(C)C)[C@H]2c2ccccc2OC)cc1C. The number of rotatable bonds is 8. The first-order valence-corrected chi connectivity index (χ1v) is 10.5. The van der Waals surface area contributed by atoms with Crippen molar-refractivity contribution in [2.24, 2.45) is 0 Å². The molecule has 0 saturated carbocycles. The molecule has 0 aliphatic carbocycles. The number of nitrogens with zero attached hydrogens (tertiary/aromatic N) is 2. The van der Waals surface area contributed by atoms with Crippen LogP contribution in [0.2, 0.25) is 0 Å². The summed E-state index contributed by atoms with van der Waals surface area (Å²) in [6.07, 6.45) is 0.688. The Morgan fingerprint density at radius 3 is 2.38 bits per heavy atom. The Labute approximate surface area is 188 Å². The molecule has 170 valence electrons. The summed E-state index contributed by atoms with van der Waals surface area (Å²) in [7, 11) is 7.03. The number of methoxy groups -OCH3 is 2. The van der Waals surface area contributed by atoms with E-state index < -0.39 is 17.7 Å². The molecule has 2 aromatic rings. The average molecular weight is 439 g/mol. The van der Waals surface area contributed by atoms with E-state index in [-0.39, 0.29) is 11.3 Å². The zero-order valence-corrected chi connectivity index (χ0v) is 19.2. The number of aliphatic hydroxyl groups excluding tert-OH is 1. The van der Waals surface area contributed by atoms with Crippen LogP contribution < -0.4 is 9.47 Å². The molecule has 7 nitrogen and oxygen atoms in total. The number of ether oxygens (including phenoxy) is 2. The van der Waals surface area contributed by atoms with Crippen molar-refractivity contribution in [3.05, 3.63) is 64.7 Å². The third-order valence-electron chi connectivity index (χ3n) is 5.65. The van der Waals surface area contributed by atoms with Crippen molar-refractivity contribution in [2.45, 2.75) is 19.4 Å². The number of aliphatic hydroxyl groups is 1. The van der Waals surface area contributed by atoms with E-state index in [0.717, 1.165) is 12.1 Å². The smallest absolute Gasteiger partial charge is 0.295 e. The highest BCUT2D eigenvalue weighted by Gasteiger charge is 2.46. The van der Waals surface area contributed by atoms with Gasteiger partial charge in [0.25, 0.3) is 11.7 Å². The lowest BCUT2D eigenvalue weighted by atomic mass is 9.94. The van der Waals surface area contributed by atoms with Crippen LogP contribution in [-0.4, -0.2) is 68.0 Å². The van der Waals surface area contributed by atoms with Gasteiger partial charge in [-0.25, -0.2) is 0 Å². The van der Waals surface area contributed by atoms with Crippen molar-refractivity contribution in [3.63, 3.8) is 0 Å². The van der Waals surface area contributed by atoms with Crippen molar-refractivity contribution in [1.29, 1.82) is 0 Å². The molecule has 0 aromatic heterocycles. The summed E-state index contributed by atoms with van der Waals surface area (Å²) in [6.45, 7) is 3.00. The number of ketones is 1. The molecule has 1 saturated heterocycles. The average Bonchev–Trinajstić information content (AvgIpc) is 3.03. The van der Waals surface area contributed by atoms with Gasteiger partial charge in [0.05, 0.1) is 25.8 Å². The highest BCUT2D eigenvalue weighted by atomic mass is 16.5. The van der Waals surface area contributed by atoms with Crippen LogP contribution in [0.3, 0.4) is 0 Å². The molecule has 1 amide bonds. The van der Waals surface area contributed by atoms with Crippen LogP contribution in [0.4, 0.5) is 0 Å². The Kier molecular flexibility index (Phi) is 7.20. The van der Waals surface area contributed by atoms with Crippen LogP contribution in [0.1, 0.15) is 29.2 Å². The molecule has 1 N–H and O–H groups in total. The molecule has 1 heterocycles. The Morgan fingerprint density at radius 2 is 1.75 bits per heavy atom. The van der Waals surface area contributed by atoms with Gasteiger partial charge in [-0.1, -0.05) is 18.2 Å². The summed E-state index contributed by atoms with van der Waals surface area (Å²) >= 11 is 0. The predicted octanol–water partition coefficient (Wildman–Crippen LogP) is 3.39. The minimum atomic E-state index is -0.740.